The standard InChI is InChI=1S/C32H26N6O5/c1-32(2,31(43)35-25-11-10-24(33-3)20-6-4-5-7-21(20)25)37-17-19(16-34-37)14-18-8-9-22-23(15-18)30(42)38(29(22)41)26-12-13-27(39)36-28(26)40/h4-11,15-17,26H,12-14H2,1-2H3,(H,35,43)(H,36,39,40). The fourth-order valence-corrected chi connectivity index (χ4v) is 5.49. The molecule has 2 aliphatic heterocycles. The molecule has 0 radical (unpaired) electrons. The molecule has 3 aromatic carbocycles. The summed E-state index contributed by atoms with van der Waals surface area (Å²) in [6.45, 7) is 10.9. The van der Waals surface area contributed by atoms with E-state index in [9.17, 15) is 24.0 Å². The fraction of sp³-hybridized carbons (Fsp3) is 0.219. The minimum Gasteiger partial charge on any atom is -0.324 e. The van der Waals surface area contributed by atoms with Gasteiger partial charge in [-0.05, 0) is 60.4 Å². The molecule has 0 bridgehead atoms. The maximum absolute atomic E-state index is 13.4. The van der Waals surface area contributed by atoms with Crippen LogP contribution in [0.3, 0.4) is 0 Å². The number of hydrogen-bond acceptors (Lipinski definition) is 6. The molecule has 0 spiro atoms. The number of carbonyl (C=O) groups excluding carboxylic acids is 5. The number of imide groups is 2. The van der Waals surface area contributed by atoms with Gasteiger partial charge >= 0.3 is 0 Å². The van der Waals surface area contributed by atoms with Crippen molar-refractivity contribution in [2.45, 2.75) is 44.7 Å². The van der Waals surface area contributed by atoms with Crippen molar-refractivity contribution in [2.75, 3.05) is 5.32 Å². The van der Waals surface area contributed by atoms with E-state index in [1.54, 1.807) is 61.3 Å². The van der Waals surface area contributed by atoms with E-state index in [-0.39, 0.29) is 29.9 Å². The number of carbonyl (C=O) groups is 5. The summed E-state index contributed by atoms with van der Waals surface area (Å²) in [6, 6.07) is 14.7. The average Bonchev–Trinajstić information content (AvgIpc) is 3.56. The molecule has 11 nitrogen and oxygen atoms in total. The first kappa shape index (κ1) is 27.5. The molecule has 5 amide bonds. The molecule has 1 aromatic heterocycles. The predicted molar refractivity (Wildman–Crippen MR) is 156 cm³/mol. The molecule has 3 heterocycles. The van der Waals surface area contributed by atoms with Gasteiger partial charge in [-0.25, -0.2) is 4.85 Å². The molecule has 0 saturated carbocycles. The van der Waals surface area contributed by atoms with Crippen LogP contribution in [0.15, 0.2) is 67.0 Å². The van der Waals surface area contributed by atoms with Crippen molar-refractivity contribution in [3.8, 4) is 0 Å². The maximum Gasteiger partial charge on any atom is 0.262 e. The van der Waals surface area contributed by atoms with Gasteiger partial charge in [-0.3, -0.25) is 38.9 Å². The van der Waals surface area contributed by atoms with E-state index in [1.807, 2.05) is 24.3 Å². The van der Waals surface area contributed by atoms with E-state index in [0.29, 0.717) is 17.8 Å². The number of amides is 5. The van der Waals surface area contributed by atoms with Crippen molar-refractivity contribution >= 4 is 51.7 Å². The van der Waals surface area contributed by atoms with Crippen LogP contribution in [-0.2, 0) is 26.3 Å². The molecule has 0 aliphatic carbocycles. The topological polar surface area (TPSA) is 135 Å². The van der Waals surface area contributed by atoms with E-state index >= 15 is 0 Å². The van der Waals surface area contributed by atoms with E-state index in [1.165, 1.54) is 0 Å². The maximum atomic E-state index is 13.4. The zero-order valence-electron chi connectivity index (χ0n) is 23.4. The smallest absolute Gasteiger partial charge is 0.262 e. The Bertz CT molecular complexity index is 1920. The number of rotatable bonds is 6. The van der Waals surface area contributed by atoms with Crippen LogP contribution in [0.5, 0.6) is 0 Å². The molecule has 1 saturated heterocycles. The van der Waals surface area contributed by atoms with Gasteiger partial charge in [0.2, 0.25) is 11.8 Å². The van der Waals surface area contributed by atoms with E-state index in [2.05, 4.69) is 20.6 Å². The Balaban J connectivity index is 1.19. The van der Waals surface area contributed by atoms with Gasteiger partial charge in [0.25, 0.3) is 17.7 Å². The molecule has 1 unspecified atom stereocenters. The molecule has 11 heteroatoms. The third kappa shape index (κ3) is 4.72. The second-order valence-electron chi connectivity index (χ2n) is 11.1. The minimum atomic E-state index is -1.07. The van der Waals surface area contributed by atoms with Gasteiger partial charge < -0.3 is 5.32 Å². The first-order valence-corrected chi connectivity index (χ1v) is 13.7. The number of anilines is 1. The van der Waals surface area contributed by atoms with Gasteiger partial charge in [-0.15, -0.1) is 0 Å². The lowest BCUT2D eigenvalue weighted by Crippen LogP contribution is -2.54. The Labute approximate surface area is 246 Å². The molecular formula is C32H26N6O5. The summed E-state index contributed by atoms with van der Waals surface area (Å²) >= 11 is 0. The van der Waals surface area contributed by atoms with Crippen molar-refractivity contribution in [2.24, 2.45) is 0 Å². The summed E-state index contributed by atoms with van der Waals surface area (Å²) in [5.74, 6) is -2.50. The molecule has 2 aliphatic rings. The highest BCUT2D eigenvalue weighted by Crippen LogP contribution is 2.33. The summed E-state index contributed by atoms with van der Waals surface area (Å²) in [5.41, 5.74) is 1.98. The molecule has 4 aromatic rings. The number of nitrogens with one attached hydrogen (secondary N) is 2. The van der Waals surface area contributed by atoms with Crippen LogP contribution in [0, 0.1) is 6.57 Å². The number of piperidine rings is 1. The SMILES string of the molecule is [C-]#[N+]c1ccc(NC(=O)C(C)(C)n2cc(Cc3ccc4c(c3)C(=O)N(C3CCC(=O)NC3=O)C4=O)cn2)c2ccccc12. The van der Waals surface area contributed by atoms with Crippen LogP contribution >= 0.6 is 0 Å². The number of hydrogen-bond donors (Lipinski definition) is 2. The Morgan fingerprint density at radius 2 is 1.77 bits per heavy atom. The molecule has 2 N–H and O–H groups in total. The van der Waals surface area contributed by atoms with Crippen molar-refractivity contribution < 1.29 is 24.0 Å². The number of benzene rings is 3. The van der Waals surface area contributed by atoms with E-state index in [0.717, 1.165) is 26.8 Å². The Morgan fingerprint density at radius 3 is 2.51 bits per heavy atom. The van der Waals surface area contributed by atoms with E-state index < -0.39 is 35.2 Å². The summed E-state index contributed by atoms with van der Waals surface area (Å²) in [7, 11) is 0. The largest absolute Gasteiger partial charge is 0.324 e. The highest BCUT2D eigenvalue weighted by atomic mass is 16.2. The van der Waals surface area contributed by atoms with Gasteiger partial charge in [0.1, 0.15) is 11.6 Å². The van der Waals surface area contributed by atoms with Crippen molar-refractivity contribution in [3.05, 3.63) is 101 Å². The highest BCUT2D eigenvalue weighted by Gasteiger charge is 2.44. The average molecular weight is 575 g/mol. The van der Waals surface area contributed by atoms with Gasteiger partial charge in [-0.1, -0.05) is 36.4 Å². The zero-order valence-corrected chi connectivity index (χ0v) is 23.4. The Kier molecular flexibility index (Phi) is 6.61. The molecule has 1 atom stereocenters. The highest BCUT2D eigenvalue weighted by molar-refractivity contribution is 6.23. The first-order valence-electron chi connectivity index (χ1n) is 13.7. The van der Waals surface area contributed by atoms with Crippen molar-refractivity contribution in [1.29, 1.82) is 0 Å². The third-order valence-corrected chi connectivity index (χ3v) is 7.95. The fourth-order valence-electron chi connectivity index (χ4n) is 5.49. The van der Waals surface area contributed by atoms with Crippen LogP contribution in [0.1, 0.15) is 58.5 Å². The monoisotopic (exact) mass is 574 g/mol. The lowest BCUT2D eigenvalue weighted by molar-refractivity contribution is -0.136. The number of nitrogens with zero attached hydrogens (tertiary/aromatic N) is 4. The molecule has 43 heavy (non-hydrogen) atoms. The van der Waals surface area contributed by atoms with Crippen LogP contribution in [0.4, 0.5) is 11.4 Å². The van der Waals surface area contributed by atoms with Gasteiger partial charge in [-0.2, -0.15) is 5.10 Å². The summed E-state index contributed by atoms with van der Waals surface area (Å²) in [6.07, 6.45) is 3.93. The van der Waals surface area contributed by atoms with Crippen LogP contribution in [-0.4, -0.2) is 50.3 Å². The summed E-state index contributed by atoms with van der Waals surface area (Å²) in [5, 5.41) is 11.1. The number of fused-ring (bicyclic) bond motifs is 2. The van der Waals surface area contributed by atoms with Gasteiger partial charge in [0.15, 0.2) is 5.69 Å². The first-order chi connectivity index (χ1) is 20.6. The lowest BCUT2D eigenvalue weighted by Gasteiger charge is -2.27. The van der Waals surface area contributed by atoms with Crippen molar-refractivity contribution in [3.63, 3.8) is 0 Å². The zero-order chi connectivity index (χ0) is 30.5. The van der Waals surface area contributed by atoms with Gasteiger partial charge in [0.05, 0.1) is 23.9 Å². The Morgan fingerprint density at radius 1 is 1.02 bits per heavy atom. The van der Waals surface area contributed by atoms with Gasteiger partial charge in [0, 0.05) is 24.7 Å². The second-order valence-corrected chi connectivity index (χ2v) is 11.1. The summed E-state index contributed by atoms with van der Waals surface area (Å²) in [4.78, 5) is 68.0. The summed E-state index contributed by atoms with van der Waals surface area (Å²) < 4.78 is 1.57. The molecule has 6 rings (SSSR count). The predicted octanol–water partition coefficient (Wildman–Crippen LogP) is 3.95. The van der Waals surface area contributed by atoms with Crippen LogP contribution < -0.4 is 10.6 Å². The normalized spacial score (nSPS) is 16.7. The van der Waals surface area contributed by atoms with E-state index in [4.69, 9.17) is 6.57 Å². The molecule has 1 fully saturated rings. The Hall–Kier alpha value is -5.63. The minimum absolute atomic E-state index is 0.0541. The quantitative estimate of drug-likeness (QED) is 0.265. The van der Waals surface area contributed by atoms with Crippen molar-refractivity contribution in [1.82, 2.24) is 20.0 Å². The number of aromatic nitrogens is 2. The second kappa shape index (κ2) is 10.3. The third-order valence-electron chi connectivity index (χ3n) is 7.95. The molecule has 214 valence electrons. The van der Waals surface area contributed by atoms with Crippen LogP contribution in [0.2, 0.25) is 0 Å². The van der Waals surface area contributed by atoms with Crippen LogP contribution in [0.25, 0.3) is 15.6 Å². The molecular weight excluding hydrogens is 548 g/mol. The lowest BCUT2D eigenvalue weighted by atomic mass is 10.0.